The van der Waals surface area contributed by atoms with Gasteiger partial charge in [-0.1, -0.05) is 26.0 Å². The van der Waals surface area contributed by atoms with E-state index in [2.05, 4.69) is 29.8 Å². The molecule has 0 bridgehead atoms. The Labute approximate surface area is 104 Å². The summed E-state index contributed by atoms with van der Waals surface area (Å²) in [7, 11) is 5.75. The summed E-state index contributed by atoms with van der Waals surface area (Å²) in [5, 5.41) is 0. The monoisotopic (exact) mass is 234 g/mol. The first-order chi connectivity index (χ1) is 8.04. The largest absolute Gasteiger partial charge is 0.497 e. The molecule has 0 aliphatic heterocycles. The maximum atomic E-state index is 5.20. The maximum Gasteiger partial charge on any atom is 0.119 e. The van der Waals surface area contributed by atoms with E-state index in [1.807, 2.05) is 32.3 Å². The first-order valence-electron chi connectivity index (χ1n) is 5.89. The molecule has 3 heteroatoms. The summed E-state index contributed by atoms with van der Waals surface area (Å²) in [5.74, 6) is 2.44. The van der Waals surface area contributed by atoms with E-state index in [9.17, 15) is 0 Å². The normalized spacial score (nSPS) is 11.8. The zero-order valence-electron chi connectivity index (χ0n) is 11.4. The van der Waals surface area contributed by atoms with Crippen LogP contribution in [0, 0.1) is 5.92 Å². The van der Waals surface area contributed by atoms with Crippen molar-refractivity contribution in [2.75, 3.05) is 21.2 Å². The second-order valence-corrected chi connectivity index (χ2v) is 4.58. The molecule has 0 saturated carbocycles. The van der Waals surface area contributed by atoms with E-state index < -0.39 is 0 Å². The first kappa shape index (κ1) is 13.6. The fourth-order valence-corrected chi connectivity index (χ4v) is 1.78. The van der Waals surface area contributed by atoms with Crippen molar-refractivity contribution < 1.29 is 4.74 Å². The molecule has 0 aliphatic carbocycles. The molecule has 0 atom stereocenters. The molecule has 1 aromatic rings. The van der Waals surface area contributed by atoms with Crippen LogP contribution in [0.25, 0.3) is 0 Å². The standard InChI is InChI=1S/C14H22N2O/c1-11(2)14(16(3)4)15-10-12-7-6-8-13(9-12)17-5/h6-9,11H,10H2,1-5H3. The van der Waals surface area contributed by atoms with Gasteiger partial charge < -0.3 is 9.64 Å². The van der Waals surface area contributed by atoms with Crippen LogP contribution in [0.5, 0.6) is 5.75 Å². The van der Waals surface area contributed by atoms with Gasteiger partial charge in [0.2, 0.25) is 0 Å². The molecule has 0 heterocycles. The molecule has 0 amide bonds. The number of hydrogen-bond acceptors (Lipinski definition) is 2. The van der Waals surface area contributed by atoms with Crippen molar-refractivity contribution in [2.45, 2.75) is 20.4 Å². The van der Waals surface area contributed by atoms with Crippen molar-refractivity contribution in [3.63, 3.8) is 0 Å². The van der Waals surface area contributed by atoms with Gasteiger partial charge in [-0.2, -0.15) is 0 Å². The van der Waals surface area contributed by atoms with Gasteiger partial charge in [-0.3, -0.25) is 4.99 Å². The number of amidine groups is 1. The van der Waals surface area contributed by atoms with Gasteiger partial charge in [-0.05, 0) is 17.7 Å². The van der Waals surface area contributed by atoms with E-state index in [-0.39, 0.29) is 0 Å². The number of benzene rings is 1. The minimum Gasteiger partial charge on any atom is -0.497 e. The van der Waals surface area contributed by atoms with Crippen LogP contribution in [0.3, 0.4) is 0 Å². The Morgan fingerprint density at radius 3 is 2.59 bits per heavy atom. The van der Waals surface area contributed by atoms with Crippen molar-refractivity contribution in [1.82, 2.24) is 4.90 Å². The number of rotatable bonds is 4. The predicted octanol–water partition coefficient (Wildman–Crippen LogP) is 2.81. The van der Waals surface area contributed by atoms with Crippen molar-refractivity contribution in [3.05, 3.63) is 29.8 Å². The van der Waals surface area contributed by atoms with Crippen LogP contribution in [0.15, 0.2) is 29.3 Å². The minimum absolute atomic E-state index is 0.440. The van der Waals surface area contributed by atoms with Gasteiger partial charge >= 0.3 is 0 Å². The summed E-state index contributed by atoms with van der Waals surface area (Å²) in [5.41, 5.74) is 1.17. The Balaban J connectivity index is 2.79. The summed E-state index contributed by atoms with van der Waals surface area (Å²) >= 11 is 0. The van der Waals surface area contributed by atoms with Gasteiger partial charge in [0.15, 0.2) is 0 Å². The number of methoxy groups -OCH3 is 1. The van der Waals surface area contributed by atoms with E-state index in [0.717, 1.165) is 11.6 Å². The highest BCUT2D eigenvalue weighted by atomic mass is 16.5. The van der Waals surface area contributed by atoms with Gasteiger partial charge in [-0.25, -0.2) is 0 Å². The van der Waals surface area contributed by atoms with Crippen molar-refractivity contribution in [2.24, 2.45) is 10.9 Å². The quantitative estimate of drug-likeness (QED) is 0.591. The molecule has 1 rings (SSSR count). The SMILES string of the molecule is COc1cccc(CN=C(C(C)C)N(C)C)c1. The molecule has 17 heavy (non-hydrogen) atoms. The average molecular weight is 234 g/mol. The lowest BCUT2D eigenvalue weighted by molar-refractivity contribution is 0.414. The van der Waals surface area contributed by atoms with E-state index in [0.29, 0.717) is 12.5 Å². The van der Waals surface area contributed by atoms with E-state index >= 15 is 0 Å². The molecule has 0 N–H and O–H groups in total. The molecule has 3 nitrogen and oxygen atoms in total. The molecule has 94 valence electrons. The first-order valence-corrected chi connectivity index (χ1v) is 5.89. The minimum atomic E-state index is 0.440. The van der Waals surface area contributed by atoms with E-state index in [1.165, 1.54) is 5.56 Å². The van der Waals surface area contributed by atoms with Gasteiger partial charge in [0, 0.05) is 20.0 Å². The third kappa shape index (κ3) is 4.10. The Kier molecular flexibility index (Phi) is 5.01. The maximum absolute atomic E-state index is 5.20. The zero-order chi connectivity index (χ0) is 12.8. The van der Waals surface area contributed by atoms with E-state index in [1.54, 1.807) is 7.11 Å². The van der Waals surface area contributed by atoms with Crippen LogP contribution >= 0.6 is 0 Å². The summed E-state index contributed by atoms with van der Waals surface area (Å²) in [6, 6.07) is 8.04. The second kappa shape index (κ2) is 6.28. The lowest BCUT2D eigenvalue weighted by atomic mass is 10.1. The van der Waals surface area contributed by atoms with Gasteiger partial charge in [0.25, 0.3) is 0 Å². The van der Waals surface area contributed by atoms with Crippen LogP contribution in [0.1, 0.15) is 19.4 Å². The number of aliphatic imine (C=N–C) groups is 1. The molecular formula is C14H22N2O. The third-order valence-electron chi connectivity index (χ3n) is 2.53. The zero-order valence-corrected chi connectivity index (χ0v) is 11.4. The number of hydrogen-bond donors (Lipinski definition) is 0. The summed E-state index contributed by atoms with van der Waals surface area (Å²) in [6.45, 7) is 5.01. The highest BCUT2D eigenvalue weighted by molar-refractivity contribution is 5.83. The molecule has 0 fully saturated rings. The smallest absolute Gasteiger partial charge is 0.119 e. The van der Waals surface area contributed by atoms with Crippen LogP contribution in [-0.4, -0.2) is 31.9 Å². The van der Waals surface area contributed by atoms with Gasteiger partial charge in [-0.15, -0.1) is 0 Å². The Morgan fingerprint density at radius 2 is 2.06 bits per heavy atom. The topological polar surface area (TPSA) is 24.8 Å². The molecule has 0 saturated heterocycles. The van der Waals surface area contributed by atoms with E-state index in [4.69, 9.17) is 4.74 Å². The van der Waals surface area contributed by atoms with Crippen molar-refractivity contribution in [3.8, 4) is 5.75 Å². The fraction of sp³-hybridized carbons (Fsp3) is 0.500. The molecular weight excluding hydrogens is 212 g/mol. The lowest BCUT2D eigenvalue weighted by Gasteiger charge is -2.19. The summed E-state index contributed by atoms with van der Waals surface area (Å²) in [6.07, 6.45) is 0. The van der Waals surface area contributed by atoms with Crippen molar-refractivity contribution >= 4 is 5.84 Å². The molecule has 0 radical (unpaired) electrons. The Morgan fingerprint density at radius 1 is 1.35 bits per heavy atom. The molecule has 0 spiro atoms. The third-order valence-corrected chi connectivity index (χ3v) is 2.53. The van der Waals surface area contributed by atoms with Crippen LogP contribution < -0.4 is 4.74 Å². The molecule has 0 aromatic heterocycles. The van der Waals surface area contributed by atoms with Gasteiger partial charge in [0.05, 0.1) is 13.7 Å². The van der Waals surface area contributed by atoms with Crippen LogP contribution in [0.4, 0.5) is 0 Å². The molecule has 0 aliphatic rings. The number of ether oxygens (including phenoxy) is 1. The highest BCUT2D eigenvalue weighted by Gasteiger charge is 2.06. The Hall–Kier alpha value is -1.51. The fourth-order valence-electron chi connectivity index (χ4n) is 1.78. The summed E-state index contributed by atoms with van der Waals surface area (Å²) in [4.78, 5) is 6.73. The molecule has 1 aromatic carbocycles. The molecule has 0 unspecified atom stereocenters. The predicted molar refractivity (Wildman–Crippen MR) is 72.7 cm³/mol. The van der Waals surface area contributed by atoms with Crippen LogP contribution in [-0.2, 0) is 6.54 Å². The highest BCUT2D eigenvalue weighted by Crippen LogP contribution is 2.14. The second-order valence-electron chi connectivity index (χ2n) is 4.58. The van der Waals surface area contributed by atoms with Crippen molar-refractivity contribution in [1.29, 1.82) is 0 Å². The Bertz CT molecular complexity index is 374. The number of nitrogens with zero attached hydrogens (tertiary/aromatic N) is 2. The lowest BCUT2D eigenvalue weighted by Crippen LogP contribution is -2.27. The van der Waals surface area contributed by atoms with Gasteiger partial charge in [0.1, 0.15) is 11.6 Å². The van der Waals surface area contributed by atoms with Crippen LogP contribution in [0.2, 0.25) is 0 Å². The summed E-state index contributed by atoms with van der Waals surface area (Å²) < 4.78 is 5.20. The average Bonchev–Trinajstić information content (AvgIpc) is 2.28.